The van der Waals surface area contributed by atoms with Crippen LogP contribution >= 0.6 is 10.6 Å². The molecule has 0 spiro atoms. The molecule has 0 saturated heterocycles. The molecule has 8 nitrogen and oxygen atoms in total. The number of carbonyl (C=O) groups excluding carboxylic acids is 1. The van der Waals surface area contributed by atoms with Gasteiger partial charge in [0.05, 0.1) is 13.2 Å². The fourth-order valence-electron chi connectivity index (χ4n) is 3.30. The Morgan fingerprint density at radius 1 is 0.941 bits per heavy atom. The molecule has 176 valence electrons. The molecule has 0 fully saturated rings. The van der Waals surface area contributed by atoms with Crippen molar-refractivity contribution in [3.05, 3.63) is 102 Å². The van der Waals surface area contributed by atoms with Crippen LogP contribution in [0, 0.1) is 0 Å². The maximum absolute atomic E-state index is 13.0. The second-order valence-electron chi connectivity index (χ2n) is 7.33. The molecule has 0 saturated carbocycles. The van der Waals surface area contributed by atoms with E-state index in [0.717, 1.165) is 11.1 Å². The number of nitrogens with zero attached hydrogens (tertiary/aromatic N) is 3. The molecule has 1 aromatic heterocycles. The lowest BCUT2D eigenvalue weighted by Gasteiger charge is -2.42. The molecule has 2 atom stereocenters. The summed E-state index contributed by atoms with van der Waals surface area (Å²) in [7, 11) is -1.16. The Kier molecular flexibility index (Phi) is 7.81. The van der Waals surface area contributed by atoms with Gasteiger partial charge in [-0.05, 0) is 36.8 Å². The van der Waals surface area contributed by atoms with Crippen LogP contribution in [0.25, 0.3) is 0 Å². The van der Waals surface area contributed by atoms with Gasteiger partial charge in [-0.3, -0.25) is 23.5 Å². The summed E-state index contributed by atoms with van der Waals surface area (Å²) < 4.78 is 18.3. The molecule has 1 N–H and O–H groups in total. The molecule has 0 aliphatic carbocycles. The number of amidine groups is 1. The van der Waals surface area contributed by atoms with E-state index in [9.17, 15) is 4.79 Å². The Hall–Kier alpha value is -3.37. The summed E-state index contributed by atoms with van der Waals surface area (Å²) in [6.45, 7) is 2.49. The number of hydrogen-bond acceptors (Lipinski definition) is 7. The van der Waals surface area contributed by atoms with E-state index in [1.807, 2.05) is 55.5 Å². The summed E-state index contributed by atoms with van der Waals surface area (Å²) in [6, 6.07) is 22.3. The maximum Gasteiger partial charge on any atom is 0.257 e. The first-order valence-electron chi connectivity index (χ1n) is 10.8. The van der Waals surface area contributed by atoms with E-state index in [1.54, 1.807) is 43.8 Å². The van der Waals surface area contributed by atoms with Crippen molar-refractivity contribution in [2.24, 2.45) is 10.2 Å². The molecule has 0 bridgehead atoms. The molecule has 1 aliphatic rings. The highest BCUT2D eigenvalue weighted by Gasteiger charge is 2.42. The van der Waals surface area contributed by atoms with Crippen molar-refractivity contribution in [1.29, 1.82) is 0 Å². The van der Waals surface area contributed by atoms with Gasteiger partial charge >= 0.3 is 0 Å². The Bertz CT molecular complexity index is 1160. The van der Waals surface area contributed by atoms with E-state index >= 15 is 0 Å². The molecule has 1 amide bonds. The molecule has 3 aromatic rings. The summed E-state index contributed by atoms with van der Waals surface area (Å²) >= 11 is 0. The summed E-state index contributed by atoms with van der Waals surface area (Å²) in [6.07, 6.45) is 2.96. The summed E-state index contributed by atoms with van der Waals surface area (Å²) in [5.41, 5.74) is 2.19. The second kappa shape index (κ2) is 11.2. The maximum atomic E-state index is 13.0. The molecule has 2 aromatic carbocycles. The normalized spacial score (nSPS) is 20.1. The minimum atomic E-state index is -2.76. The molecular weight excluding hydrogens is 452 g/mol. The molecule has 0 radical (unpaired) electrons. The highest BCUT2D eigenvalue weighted by Crippen LogP contribution is 2.59. The summed E-state index contributed by atoms with van der Waals surface area (Å²) in [4.78, 5) is 17.1. The number of nitrogens with one attached hydrogen (secondary N) is 1. The zero-order valence-electron chi connectivity index (χ0n) is 19.0. The number of carbonyl (C=O) groups is 1. The molecule has 4 rings (SSSR count). The zero-order valence-corrected chi connectivity index (χ0v) is 19.8. The minimum Gasteiger partial charge on any atom is -0.382 e. The number of hydrogen-bond donors (Lipinski definition) is 1. The number of pyridine rings is 1. The van der Waals surface area contributed by atoms with E-state index in [4.69, 9.17) is 13.1 Å². The average molecular weight is 479 g/mol. The van der Waals surface area contributed by atoms with Crippen molar-refractivity contribution in [3.8, 4) is 0 Å². The molecule has 2 heterocycles. The topological polar surface area (TPSA) is 94.4 Å². The van der Waals surface area contributed by atoms with Gasteiger partial charge in [-0.1, -0.05) is 59.1 Å². The van der Waals surface area contributed by atoms with Gasteiger partial charge in [-0.15, -0.1) is 10.2 Å². The van der Waals surface area contributed by atoms with Crippen molar-refractivity contribution in [3.63, 3.8) is 0 Å². The fraction of sp³-hybridized carbons (Fsp3) is 0.200. The molecule has 1 aliphatic heterocycles. The van der Waals surface area contributed by atoms with Crippen molar-refractivity contribution in [1.82, 2.24) is 10.3 Å². The molecule has 9 heteroatoms. The Morgan fingerprint density at radius 3 is 2.29 bits per heavy atom. The number of benzene rings is 2. The monoisotopic (exact) mass is 478 g/mol. The number of aromatic nitrogens is 1. The number of rotatable bonds is 9. The van der Waals surface area contributed by atoms with Crippen LogP contribution in [0.4, 0.5) is 0 Å². The predicted octanol–water partition coefficient (Wildman–Crippen LogP) is 4.62. The first-order chi connectivity index (χ1) is 16.6. The third kappa shape index (κ3) is 5.23. The highest BCUT2D eigenvalue weighted by molar-refractivity contribution is 8.49. The summed E-state index contributed by atoms with van der Waals surface area (Å²) in [5.74, 6) is -0.325. The van der Waals surface area contributed by atoms with E-state index in [2.05, 4.69) is 20.5 Å². The lowest BCUT2D eigenvalue weighted by atomic mass is 10.1. The Morgan fingerprint density at radius 2 is 1.62 bits per heavy atom. The van der Waals surface area contributed by atoms with Crippen LogP contribution in [0.1, 0.15) is 34.5 Å². The van der Waals surface area contributed by atoms with E-state index < -0.39 is 10.6 Å². The van der Waals surface area contributed by atoms with Gasteiger partial charge < -0.3 is 4.74 Å². The van der Waals surface area contributed by atoms with Crippen LogP contribution in [0.3, 0.4) is 0 Å². The van der Waals surface area contributed by atoms with Crippen molar-refractivity contribution < 1.29 is 17.9 Å². The smallest absolute Gasteiger partial charge is 0.257 e. The SMILES string of the molecule is COCCOS1(OC(C)c2ccccc2)C(NC(=O)c2ccccc2)=NN=C1c1ccncc1. The van der Waals surface area contributed by atoms with Crippen LogP contribution in [0.5, 0.6) is 0 Å². The van der Waals surface area contributed by atoms with Crippen molar-refractivity contribution >= 4 is 26.7 Å². The first-order valence-corrected chi connectivity index (χ1v) is 12.2. The molecule has 2 unspecified atom stereocenters. The zero-order chi connectivity index (χ0) is 23.8. The first kappa shape index (κ1) is 23.8. The van der Waals surface area contributed by atoms with Crippen molar-refractivity contribution in [2.75, 3.05) is 20.3 Å². The van der Waals surface area contributed by atoms with Gasteiger partial charge in [0.2, 0.25) is 5.17 Å². The van der Waals surface area contributed by atoms with Crippen molar-refractivity contribution in [2.45, 2.75) is 13.0 Å². The van der Waals surface area contributed by atoms with Crippen LogP contribution in [-0.4, -0.2) is 41.4 Å². The van der Waals surface area contributed by atoms with E-state index in [-0.39, 0.29) is 23.8 Å². The van der Waals surface area contributed by atoms with Crippen LogP contribution in [-0.2, 0) is 13.1 Å². The lowest BCUT2D eigenvalue weighted by molar-refractivity contribution is 0.0976. The minimum absolute atomic E-state index is 0.220. The van der Waals surface area contributed by atoms with Crippen LogP contribution < -0.4 is 5.32 Å². The van der Waals surface area contributed by atoms with Gasteiger partial charge in [-0.25, -0.2) is 0 Å². The third-order valence-corrected chi connectivity index (χ3v) is 7.59. The standard InChI is InChI=1S/C25H26N4O4S/c1-19(20-9-5-3-6-10-20)33-34(32-18-17-31-2)24(22-13-15-26-16-14-22)28-29-25(34)27-23(30)21-11-7-4-8-12-21/h3-16,19H,17-18H2,1-2H3,(H,27,29,30). The van der Waals surface area contributed by atoms with Gasteiger partial charge in [0.25, 0.3) is 5.91 Å². The fourth-order valence-corrected chi connectivity index (χ4v) is 5.73. The molecule has 34 heavy (non-hydrogen) atoms. The van der Waals surface area contributed by atoms with Gasteiger partial charge in [0.15, 0.2) is 5.04 Å². The van der Waals surface area contributed by atoms with Gasteiger partial charge in [-0.2, -0.15) is 0 Å². The number of amides is 1. The van der Waals surface area contributed by atoms with Crippen LogP contribution in [0.15, 0.2) is 95.4 Å². The Labute approximate surface area is 200 Å². The quantitative estimate of drug-likeness (QED) is 0.453. The van der Waals surface area contributed by atoms with Gasteiger partial charge in [0.1, 0.15) is 6.10 Å². The van der Waals surface area contributed by atoms with Gasteiger partial charge in [0, 0.05) is 30.6 Å². The third-order valence-electron chi connectivity index (χ3n) is 5.01. The summed E-state index contributed by atoms with van der Waals surface area (Å²) in [5, 5.41) is 12.4. The van der Waals surface area contributed by atoms with E-state index in [1.165, 1.54) is 0 Å². The van der Waals surface area contributed by atoms with E-state index in [0.29, 0.717) is 17.2 Å². The molecular formula is C25H26N4O4S. The highest BCUT2D eigenvalue weighted by atomic mass is 32.3. The Balaban J connectivity index is 1.73. The largest absolute Gasteiger partial charge is 0.382 e. The lowest BCUT2D eigenvalue weighted by Crippen LogP contribution is -2.38. The number of ether oxygens (including phenoxy) is 1. The number of methoxy groups -OCH3 is 1. The predicted molar refractivity (Wildman–Crippen MR) is 133 cm³/mol. The van der Waals surface area contributed by atoms with Crippen LogP contribution in [0.2, 0.25) is 0 Å². The average Bonchev–Trinajstić information content (AvgIpc) is 3.23. The second-order valence-corrected chi connectivity index (χ2v) is 9.54.